The van der Waals surface area contributed by atoms with Crippen LogP contribution in [0.2, 0.25) is 0 Å². The molecule has 3 rings (SSSR count). The number of aryl methyl sites for hydroxylation is 2. The average Bonchev–Trinajstić information content (AvgIpc) is 2.95. The Kier molecular flexibility index (Phi) is 5.04. The van der Waals surface area contributed by atoms with Gasteiger partial charge in [-0.15, -0.1) is 0 Å². The number of nitrogens with zero attached hydrogens (tertiary/aromatic N) is 3. The van der Waals surface area contributed by atoms with Crippen molar-refractivity contribution in [3.05, 3.63) is 58.9 Å². The minimum Gasteiger partial charge on any atom is -0.396 e. The van der Waals surface area contributed by atoms with Gasteiger partial charge in [0, 0.05) is 24.4 Å². The fourth-order valence-corrected chi connectivity index (χ4v) is 2.94. The molecule has 2 heterocycles. The van der Waals surface area contributed by atoms with Gasteiger partial charge in [-0.1, -0.05) is 43.7 Å². The van der Waals surface area contributed by atoms with E-state index in [9.17, 15) is 5.11 Å². The molecule has 2 aromatic heterocycles. The van der Waals surface area contributed by atoms with Crippen LogP contribution in [0.1, 0.15) is 54.7 Å². The van der Waals surface area contributed by atoms with E-state index < -0.39 is 0 Å². The van der Waals surface area contributed by atoms with Crippen LogP contribution in [0.25, 0.3) is 5.65 Å². The third-order valence-corrected chi connectivity index (χ3v) is 4.38. The van der Waals surface area contributed by atoms with Gasteiger partial charge in [0.05, 0.1) is 11.7 Å². The van der Waals surface area contributed by atoms with Crippen molar-refractivity contribution in [3.8, 4) is 0 Å². The van der Waals surface area contributed by atoms with Gasteiger partial charge < -0.3 is 10.4 Å². The molecule has 3 aromatic rings. The third kappa shape index (κ3) is 3.82. The zero-order chi connectivity index (χ0) is 18.0. The molecule has 5 nitrogen and oxygen atoms in total. The maximum atomic E-state index is 9.52. The second-order valence-corrected chi connectivity index (χ2v) is 6.90. The third-order valence-electron chi connectivity index (χ3n) is 4.38. The first-order chi connectivity index (χ1) is 12.0. The highest BCUT2D eigenvalue weighted by Crippen LogP contribution is 2.26. The molecule has 0 spiro atoms. The van der Waals surface area contributed by atoms with Gasteiger partial charge in [-0.3, -0.25) is 0 Å². The molecule has 0 bridgehead atoms. The Morgan fingerprint density at radius 3 is 2.48 bits per heavy atom. The standard InChI is InChI=1S/C20H26N4O/c1-13(2)18-12-20(24-19(22-18)11-15(4)23-24)21-17(9-10-25)16-7-5-14(3)6-8-16/h5-8,11-13,17,21,25H,9-10H2,1-4H3. The van der Waals surface area contributed by atoms with E-state index in [0.717, 1.165) is 28.4 Å². The van der Waals surface area contributed by atoms with Gasteiger partial charge in [-0.05, 0) is 31.7 Å². The summed E-state index contributed by atoms with van der Waals surface area (Å²) in [6.45, 7) is 8.44. The summed E-state index contributed by atoms with van der Waals surface area (Å²) < 4.78 is 1.85. The summed E-state index contributed by atoms with van der Waals surface area (Å²) in [5.41, 5.74) is 5.19. The minimum atomic E-state index is 0.0146. The second kappa shape index (κ2) is 7.23. The van der Waals surface area contributed by atoms with Crippen LogP contribution in [0.4, 0.5) is 5.82 Å². The molecule has 1 unspecified atom stereocenters. The Balaban J connectivity index is 2.02. The first-order valence-electron chi connectivity index (χ1n) is 8.79. The molecule has 0 aliphatic rings. The Hall–Kier alpha value is -2.40. The lowest BCUT2D eigenvalue weighted by Crippen LogP contribution is -2.16. The summed E-state index contributed by atoms with van der Waals surface area (Å²) in [5.74, 6) is 1.23. The minimum absolute atomic E-state index is 0.0146. The van der Waals surface area contributed by atoms with Crippen molar-refractivity contribution in [2.24, 2.45) is 0 Å². The number of fused-ring (bicyclic) bond motifs is 1. The van der Waals surface area contributed by atoms with Crippen molar-refractivity contribution in [1.29, 1.82) is 0 Å². The monoisotopic (exact) mass is 338 g/mol. The van der Waals surface area contributed by atoms with E-state index in [1.807, 2.05) is 17.5 Å². The summed E-state index contributed by atoms with van der Waals surface area (Å²) in [6, 6.07) is 12.5. The molecule has 0 aliphatic heterocycles. The first kappa shape index (κ1) is 17.4. The summed E-state index contributed by atoms with van der Waals surface area (Å²) in [4.78, 5) is 4.70. The molecule has 132 valence electrons. The average molecular weight is 338 g/mol. The summed E-state index contributed by atoms with van der Waals surface area (Å²) >= 11 is 0. The SMILES string of the molecule is Cc1ccc(C(CCO)Nc2cc(C(C)C)nc3cc(C)nn23)cc1. The molecule has 0 radical (unpaired) electrons. The number of aliphatic hydroxyl groups excluding tert-OH is 1. The van der Waals surface area contributed by atoms with Gasteiger partial charge in [0.1, 0.15) is 5.82 Å². The molecule has 1 aromatic carbocycles. The van der Waals surface area contributed by atoms with E-state index in [1.165, 1.54) is 5.56 Å². The first-order valence-corrected chi connectivity index (χ1v) is 8.79. The van der Waals surface area contributed by atoms with Crippen LogP contribution in [0.3, 0.4) is 0 Å². The molecular weight excluding hydrogens is 312 g/mol. The Morgan fingerprint density at radius 1 is 1.12 bits per heavy atom. The number of aliphatic hydroxyl groups is 1. The zero-order valence-corrected chi connectivity index (χ0v) is 15.3. The number of anilines is 1. The molecule has 0 aliphatic carbocycles. The van der Waals surface area contributed by atoms with Crippen molar-refractivity contribution < 1.29 is 5.11 Å². The van der Waals surface area contributed by atoms with Crippen LogP contribution in [-0.4, -0.2) is 26.3 Å². The molecule has 25 heavy (non-hydrogen) atoms. The van der Waals surface area contributed by atoms with E-state index in [1.54, 1.807) is 0 Å². The van der Waals surface area contributed by atoms with Crippen LogP contribution in [0.15, 0.2) is 36.4 Å². The predicted octanol–water partition coefficient (Wildman–Crippen LogP) is 4.01. The molecular formula is C20H26N4O. The van der Waals surface area contributed by atoms with E-state index in [-0.39, 0.29) is 12.6 Å². The summed E-state index contributed by atoms with van der Waals surface area (Å²) in [7, 11) is 0. The molecule has 2 N–H and O–H groups in total. The topological polar surface area (TPSA) is 62.5 Å². The van der Waals surface area contributed by atoms with Crippen molar-refractivity contribution >= 4 is 11.5 Å². The second-order valence-electron chi connectivity index (χ2n) is 6.90. The zero-order valence-electron chi connectivity index (χ0n) is 15.3. The van der Waals surface area contributed by atoms with Gasteiger partial charge in [-0.25, -0.2) is 4.98 Å². The smallest absolute Gasteiger partial charge is 0.157 e. The highest BCUT2D eigenvalue weighted by molar-refractivity contribution is 5.52. The van der Waals surface area contributed by atoms with Gasteiger partial charge in [0.15, 0.2) is 5.65 Å². The molecule has 1 atom stereocenters. The highest BCUT2D eigenvalue weighted by Gasteiger charge is 2.16. The molecule has 5 heteroatoms. The lowest BCUT2D eigenvalue weighted by atomic mass is 10.0. The number of benzene rings is 1. The van der Waals surface area contributed by atoms with Gasteiger partial charge >= 0.3 is 0 Å². The van der Waals surface area contributed by atoms with Gasteiger partial charge in [-0.2, -0.15) is 9.61 Å². The molecule has 0 saturated carbocycles. The lowest BCUT2D eigenvalue weighted by molar-refractivity contribution is 0.280. The van der Waals surface area contributed by atoms with Crippen LogP contribution in [-0.2, 0) is 0 Å². The number of aromatic nitrogens is 3. The normalized spacial score (nSPS) is 12.7. The maximum Gasteiger partial charge on any atom is 0.157 e. The van der Waals surface area contributed by atoms with Gasteiger partial charge in [0.2, 0.25) is 0 Å². The fraction of sp³-hybridized carbons (Fsp3) is 0.400. The lowest BCUT2D eigenvalue weighted by Gasteiger charge is -2.21. The number of hydrogen-bond acceptors (Lipinski definition) is 4. The summed E-state index contributed by atoms with van der Waals surface area (Å²) in [6.07, 6.45) is 0.629. The van der Waals surface area contributed by atoms with Crippen LogP contribution >= 0.6 is 0 Å². The van der Waals surface area contributed by atoms with Crippen LogP contribution < -0.4 is 5.32 Å². The Labute approximate surface area is 148 Å². The summed E-state index contributed by atoms with van der Waals surface area (Å²) in [5, 5.41) is 17.6. The van der Waals surface area contributed by atoms with Crippen molar-refractivity contribution in [2.45, 2.75) is 46.1 Å². The molecule has 0 saturated heterocycles. The Bertz CT molecular complexity index is 852. The highest BCUT2D eigenvalue weighted by atomic mass is 16.3. The van der Waals surface area contributed by atoms with Gasteiger partial charge in [0.25, 0.3) is 0 Å². The molecule has 0 fully saturated rings. The number of rotatable bonds is 6. The van der Waals surface area contributed by atoms with Crippen molar-refractivity contribution in [2.75, 3.05) is 11.9 Å². The quantitative estimate of drug-likeness (QED) is 0.713. The molecule has 0 amide bonds. The number of hydrogen-bond donors (Lipinski definition) is 2. The largest absolute Gasteiger partial charge is 0.396 e. The maximum absolute atomic E-state index is 9.52. The number of nitrogens with one attached hydrogen (secondary N) is 1. The van der Waals surface area contributed by atoms with Crippen molar-refractivity contribution in [3.63, 3.8) is 0 Å². The van der Waals surface area contributed by atoms with E-state index in [0.29, 0.717) is 12.3 Å². The fourth-order valence-electron chi connectivity index (χ4n) is 2.94. The van der Waals surface area contributed by atoms with Crippen LogP contribution in [0, 0.1) is 13.8 Å². The van der Waals surface area contributed by atoms with Crippen LogP contribution in [0.5, 0.6) is 0 Å². The van der Waals surface area contributed by atoms with E-state index in [2.05, 4.69) is 61.5 Å². The predicted molar refractivity (Wildman–Crippen MR) is 101 cm³/mol. The van der Waals surface area contributed by atoms with E-state index in [4.69, 9.17) is 4.98 Å². The van der Waals surface area contributed by atoms with Crippen molar-refractivity contribution in [1.82, 2.24) is 14.6 Å². The Morgan fingerprint density at radius 2 is 1.84 bits per heavy atom. The van der Waals surface area contributed by atoms with E-state index >= 15 is 0 Å².